The summed E-state index contributed by atoms with van der Waals surface area (Å²) in [6.45, 7) is 4.28. The maximum absolute atomic E-state index is 12.5. The summed E-state index contributed by atoms with van der Waals surface area (Å²) in [7, 11) is 1.55. The van der Waals surface area contributed by atoms with Crippen LogP contribution >= 0.6 is 23.1 Å². The van der Waals surface area contributed by atoms with Crippen molar-refractivity contribution in [3.8, 4) is 0 Å². The Balaban J connectivity index is 1.96. The molecule has 0 spiro atoms. The number of aryl methyl sites for hydroxylation is 1. The molecule has 0 aliphatic rings. The van der Waals surface area contributed by atoms with Crippen molar-refractivity contribution < 1.29 is 19.1 Å². The maximum Gasteiger partial charge on any atom is 0.339 e. The van der Waals surface area contributed by atoms with Gasteiger partial charge in [-0.15, -0.1) is 11.3 Å². The first-order chi connectivity index (χ1) is 12.5. The molecular formula is C18H22N2O4S2. The third-order valence-electron chi connectivity index (χ3n) is 3.44. The minimum absolute atomic E-state index is 0.347. The number of rotatable bonds is 9. The van der Waals surface area contributed by atoms with Crippen molar-refractivity contribution in [2.24, 2.45) is 0 Å². The van der Waals surface area contributed by atoms with E-state index in [1.54, 1.807) is 49.3 Å². The number of nitrogens with one attached hydrogen (secondary N) is 1. The minimum atomic E-state index is -0.873. The highest BCUT2D eigenvalue weighted by Gasteiger charge is 2.20. The smallest absolute Gasteiger partial charge is 0.339 e. The van der Waals surface area contributed by atoms with Crippen molar-refractivity contribution in [1.82, 2.24) is 10.3 Å². The van der Waals surface area contributed by atoms with E-state index in [4.69, 9.17) is 9.47 Å². The first-order valence-electron chi connectivity index (χ1n) is 8.11. The Hall–Kier alpha value is -1.90. The minimum Gasteiger partial charge on any atom is -0.449 e. The van der Waals surface area contributed by atoms with Crippen LogP contribution in [0.4, 0.5) is 0 Å². The average molecular weight is 395 g/mol. The van der Waals surface area contributed by atoms with Crippen LogP contribution in [0.1, 0.15) is 28.5 Å². The molecule has 6 nitrogen and oxygen atoms in total. The molecule has 0 saturated heterocycles. The lowest BCUT2D eigenvalue weighted by atomic mass is 10.1. The van der Waals surface area contributed by atoms with Crippen molar-refractivity contribution in [3.63, 3.8) is 0 Å². The van der Waals surface area contributed by atoms with Crippen LogP contribution in [0.5, 0.6) is 0 Å². The van der Waals surface area contributed by atoms with Gasteiger partial charge in [0.15, 0.2) is 6.10 Å². The number of thioether (sulfide) groups is 1. The topological polar surface area (TPSA) is 77.5 Å². The van der Waals surface area contributed by atoms with Gasteiger partial charge >= 0.3 is 5.97 Å². The fraction of sp³-hybridized carbons (Fsp3) is 0.389. The third-order valence-corrected chi connectivity index (χ3v) is 5.63. The first-order valence-corrected chi connectivity index (χ1v) is 9.98. The molecule has 1 amide bonds. The van der Waals surface area contributed by atoms with E-state index in [1.165, 1.54) is 0 Å². The van der Waals surface area contributed by atoms with E-state index in [1.807, 2.05) is 24.4 Å². The summed E-state index contributed by atoms with van der Waals surface area (Å²) in [6.07, 6.45) is -0.873. The summed E-state index contributed by atoms with van der Waals surface area (Å²) in [6, 6.07) is 7.25. The van der Waals surface area contributed by atoms with Crippen LogP contribution in [-0.2, 0) is 20.0 Å². The second kappa shape index (κ2) is 10.3. The number of carbonyl (C=O) groups excluding carboxylic acids is 2. The number of benzene rings is 1. The number of thiazole rings is 1. The zero-order valence-corrected chi connectivity index (χ0v) is 16.6. The van der Waals surface area contributed by atoms with Gasteiger partial charge in [0.1, 0.15) is 4.34 Å². The van der Waals surface area contributed by atoms with Gasteiger partial charge in [0, 0.05) is 30.5 Å². The average Bonchev–Trinajstić information content (AvgIpc) is 3.05. The lowest BCUT2D eigenvalue weighted by Crippen LogP contribution is -2.37. The lowest BCUT2D eigenvalue weighted by Gasteiger charge is -2.14. The van der Waals surface area contributed by atoms with E-state index in [0.29, 0.717) is 24.5 Å². The summed E-state index contributed by atoms with van der Waals surface area (Å²) < 4.78 is 11.1. The summed E-state index contributed by atoms with van der Waals surface area (Å²) in [5.41, 5.74) is 2.30. The molecule has 1 heterocycles. The van der Waals surface area contributed by atoms with Gasteiger partial charge < -0.3 is 14.8 Å². The normalized spacial score (nSPS) is 11.8. The van der Waals surface area contributed by atoms with Gasteiger partial charge in [-0.25, -0.2) is 9.78 Å². The molecular weight excluding hydrogens is 372 g/mol. The molecule has 0 aliphatic carbocycles. The van der Waals surface area contributed by atoms with Crippen LogP contribution in [0.15, 0.2) is 34.0 Å². The Morgan fingerprint density at radius 2 is 2.12 bits per heavy atom. The van der Waals surface area contributed by atoms with E-state index in [0.717, 1.165) is 15.6 Å². The molecule has 0 radical (unpaired) electrons. The monoisotopic (exact) mass is 394 g/mol. The van der Waals surface area contributed by atoms with Crippen molar-refractivity contribution in [2.75, 3.05) is 20.3 Å². The molecule has 0 saturated carbocycles. The molecule has 1 aromatic carbocycles. The molecule has 2 aromatic rings. The quantitative estimate of drug-likeness (QED) is 0.400. The predicted octanol–water partition coefficient (Wildman–Crippen LogP) is 3.05. The SMILES string of the molecule is COCCNC(=O)[C@@H](C)OC(=O)c1ccccc1CSc1nc(C)cs1. The number of methoxy groups -OCH3 is 1. The van der Waals surface area contributed by atoms with E-state index >= 15 is 0 Å². The van der Waals surface area contributed by atoms with Gasteiger partial charge in [-0.1, -0.05) is 30.0 Å². The Bertz CT molecular complexity index is 748. The van der Waals surface area contributed by atoms with Crippen LogP contribution in [0.25, 0.3) is 0 Å². The fourth-order valence-corrected chi connectivity index (χ4v) is 3.93. The van der Waals surface area contributed by atoms with Gasteiger partial charge in [0.05, 0.1) is 12.2 Å². The zero-order valence-electron chi connectivity index (χ0n) is 15.0. The van der Waals surface area contributed by atoms with E-state index < -0.39 is 12.1 Å². The van der Waals surface area contributed by atoms with Crippen molar-refractivity contribution in [1.29, 1.82) is 0 Å². The van der Waals surface area contributed by atoms with Crippen LogP contribution in [0, 0.1) is 6.92 Å². The molecule has 0 unspecified atom stereocenters. The predicted molar refractivity (Wildman–Crippen MR) is 103 cm³/mol. The second-order valence-corrected chi connectivity index (χ2v) is 7.61. The molecule has 1 atom stereocenters. The van der Waals surface area contributed by atoms with E-state index in [9.17, 15) is 9.59 Å². The number of nitrogens with zero attached hydrogens (tertiary/aromatic N) is 1. The zero-order chi connectivity index (χ0) is 18.9. The molecule has 2 rings (SSSR count). The Kier molecular flexibility index (Phi) is 8.08. The molecule has 0 bridgehead atoms. The Labute approximate surface area is 161 Å². The van der Waals surface area contributed by atoms with Gasteiger partial charge in [0.2, 0.25) is 0 Å². The second-order valence-electron chi connectivity index (χ2n) is 5.53. The van der Waals surface area contributed by atoms with Crippen LogP contribution in [0.3, 0.4) is 0 Å². The summed E-state index contributed by atoms with van der Waals surface area (Å²) in [4.78, 5) is 28.8. The highest BCUT2D eigenvalue weighted by atomic mass is 32.2. The number of hydrogen-bond donors (Lipinski definition) is 1. The highest BCUT2D eigenvalue weighted by Crippen LogP contribution is 2.27. The largest absolute Gasteiger partial charge is 0.449 e. The van der Waals surface area contributed by atoms with Gasteiger partial charge in [0.25, 0.3) is 5.91 Å². The molecule has 0 aliphatic heterocycles. The van der Waals surface area contributed by atoms with Crippen molar-refractivity contribution in [3.05, 3.63) is 46.5 Å². The number of ether oxygens (including phenoxy) is 2. The summed E-state index contributed by atoms with van der Waals surface area (Å²) >= 11 is 3.15. The molecule has 1 N–H and O–H groups in total. The van der Waals surface area contributed by atoms with Crippen molar-refractivity contribution >= 4 is 35.0 Å². The standard InChI is InChI=1S/C18H22N2O4S2/c1-12-10-25-18(20-12)26-11-14-6-4-5-7-15(14)17(22)24-13(2)16(21)19-8-9-23-3/h4-7,10,13H,8-9,11H2,1-3H3,(H,19,21)/t13-/m1/s1. The molecule has 1 aromatic heterocycles. The Morgan fingerprint density at radius 3 is 2.81 bits per heavy atom. The fourth-order valence-electron chi connectivity index (χ4n) is 2.08. The summed E-state index contributed by atoms with van der Waals surface area (Å²) in [5, 5.41) is 4.64. The molecule has 26 heavy (non-hydrogen) atoms. The third kappa shape index (κ3) is 6.12. The number of carbonyl (C=O) groups is 2. The van der Waals surface area contributed by atoms with Gasteiger partial charge in [-0.05, 0) is 25.5 Å². The molecule has 0 fully saturated rings. The van der Waals surface area contributed by atoms with Gasteiger partial charge in [-0.3, -0.25) is 4.79 Å². The first kappa shape index (κ1) is 20.4. The van der Waals surface area contributed by atoms with Crippen LogP contribution < -0.4 is 5.32 Å². The van der Waals surface area contributed by atoms with Gasteiger partial charge in [-0.2, -0.15) is 0 Å². The molecule has 8 heteroatoms. The van der Waals surface area contributed by atoms with Crippen LogP contribution in [-0.4, -0.2) is 43.2 Å². The lowest BCUT2D eigenvalue weighted by molar-refractivity contribution is -0.129. The van der Waals surface area contributed by atoms with E-state index in [2.05, 4.69) is 10.3 Å². The summed E-state index contributed by atoms with van der Waals surface area (Å²) in [5.74, 6) is -0.251. The number of hydrogen-bond acceptors (Lipinski definition) is 7. The number of amides is 1. The molecule has 140 valence electrons. The number of esters is 1. The highest BCUT2D eigenvalue weighted by molar-refractivity contribution is 8.00. The van der Waals surface area contributed by atoms with Crippen LogP contribution in [0.2, 0.25) is 0 Å². The van der Waals surface area contributed by atoms with E-state index in [-0.39, 0.29) is 5.91 Å². The number of aromatic nitrogens is 1. The maximum atomic E-state index is 12.5. The Morgan fingerprint density at radius 1 is 1.35 bits per heavy atom. The van der Waals surface area contributed by atoms with Crippen molar-refractivity contribution in [2.45, 2.75) is 30.0 Å².